The fraction of sp³-hybridized carbons (Fsp3) is 0.395. The quantitative estimate of drug-likeness (QED) is 0.219. The molecule has 0 radical (unpaired) electrons. The molecule has 2 aliphatic rings. The van der Waals surface area contributed by atoms with Crippen molar-refractivity contribution in [2.75, 3.05) is 46.9 Å². The van der Waals surface area contributed by atoms with Gasteiger partial charge in [-0.05, 0) is 49.2 Å². The molecule has 0 aromatic heterocycles. The number of benzene rings is 3. The van der Waals surface area contributed by atoms with Crippen LogP contribution in [0.4, 0.5) is 0 Å². The fourth-order valence-electron chi connectivity index (χ4n) is 6.35. The number of nitrogens with zero attached hydrogens (tertiary/aromatic N) is 3. The first-order chi connectivity index (χ1) is 23.3. The number of allylic oxidation sites excluding steroid dienone is 2. The van der Waals surface area contributed by atoms with Gasteiger partial charge in [0.1, 0.15) is 17.9 Å². The van der Waals surface area contributed by atoms with Crippen molar-refractivity contribution in [2.45, 2.75) is 57.2 Å². The molecule has 0 saturated carbocycles. The van der Waals surface area contributed by atoms with E-state index in [0.717, 1.165) is 0 Å². The number of carbonyl (C=O) groups is 1. The van der Waals surface area contributed by atoms with Crippen molar-refractivity contribution in [2.24, 2.45) is 0 Å². The highest BCUT2D eigenvalue weighted by Gasteiger charge is 2.47. The summed E-state index contributed by atoms with van der Waals surface area (Å²) in [6.07, 6.45) is 6.08. The third-order valence-electron chi connectivity index (χ3n) is 8.62. The molecule has 0 bridgehead atoms. The first-order valence-electron chi connectivity index (χ1n) is 16.6. The number of sulfonamides is 1. The molecular formula is C38H49N3O6S. The lowest BCUT2D eigenvalue weighted by molar-refractivity contribution is -0.136. The number of rotatable bonds is 11. The summed E-state index contributed by atoms with van der Waals surface area (Å²) in [7, 11) is -1.14. The first-order valence-corrected chi connectivity index (χ1v) is 18.1. The second-order valence-electron chi connectivity index (χ2n) is 11.4. The zero-order chi connectivity index (χ0) is 34.7. The largest absolute Gasteiger partial charge is 0.493 e. The molecule has 3 atom stereocenters. The molecule has 48 heavy (non-hydrogen) atoms. The van der Waals surface area contributed by atoms with Gasteiger partial charge in [-0.1, -0.05) is 80.6 Å². The summed E-state index contributed by atoms with van der Waals surface area (Å²) in [5, 5.41) is 0. The van der Waals surface area contributed by atoms with Crippen molar-refractivity contribution in [3.8, 4) is 17.2 Å². The topological polar surface area (TPSA) is 88.6 Å². The summed E-state index contributed by atoms with van der Waals surface area (Å²) in [6, 6.07) is 23.3. The summed E-state index contributed by atoms with van der Waals surface area (Å²) in [4.78, 5) is 18.5. The Morgan fingerprint density at radius 2 is 1.48 bits per heavy atom. The molecule has 2 aliphatic heterocycles. The number of piperazine rings is 1. The Balaban J connectivity index is 0.00000255. The molecule has 2 saturated heterocycles. The number of hydrogen-bond acceptors (Lipinski definition) is 7. The second-order valence-corrected chi connectivity index (χ2v) is 13.2. The van der Waals surface area contributed by atoms with Crippen LogP contribution in [0.3, 0.4) is 0 Å². The average molecular weight is 676 g/mol. The molecule has 5 rings (SSSR count). The predicted molar refractivity (Wildman–Crippen MR) is 190 cm³/mol. The molecule has 3 unspecified atom stereocenters. The van der Waals surface area contributed by atoms with Gasteiger partial charge in [0.15, 0.2) is 11.5 Å². The summed E-state index contributed by atoms with van der Waals surface area (Å²) in [6.45, 7) is 10.4. The van der Waals surface area contributed by atoms with Gasteiger partial charge in [-0.2, -0.15) is 4.31 Å². The van der Waals surface area contributed by atoms with Gasteiger partial charge in [0, 0.05) is 38.7 Å². The maximum absolute atomic E-state index is 14.2. The molecule has 0 spiro atoms. The van der Waals surface area contributed by atoms with E-state index in [4.69, 9.17) is 14.2 Å². The zero-order valence-electron chi connectivity index (χ0n) is 28.9. The number of para-hydroxylation sites is 1. The highest BCUT2D eigenvalue weighted by molar-refractivity contribution is 7.89. The maximum Gasteiger partial charge on any atom is 0.244 e. The first kappa shape index (κ1) is 36.7. The lowest BCUT2D eigenvalue weighted by Gasteiger charge is -2.41. The van der Waals surface area contributed by atoms with E-state index >= 15 is 0 Å². The summed E-state index contributed by atoms with van der Waals surface area (Å²) in [5.41, 5.74) is 2.38. The van der Waals surface area contributed by atoms with Crippen molar-refractivity contribution in [1.29, 1.82) is 0 Å². The minimum absolute atomic E-state index is 0.0293. The Morgan fingerprint density at radius 3 is 2.06 bits per heavy atom. The molecular weight excluding hydrogens is 627 g/mol. The molecule has 0 aliphatic carbocycles. The van der Waals surface area contributed by atoms with Gasteiger partial charge in [0.2, 0.25) is 15.9 Å². The number of methoxy groups -OCH3 is 2. The van der Waals surface area contributed by atoms with E-state index in [1.54, 1.807) is 11.0 Å². The highest BCUT2D eigenvalue weighted by Crippen LogP contribution is 2.35. The molecule has 1 amide bonds. The molecule has 2 fully saturated rings. The van der Waals surface area contributed by atoms with Gasteiger partial charge in [0.05, 0.1) is 31.7 Å². The Labute approximate surface area is 286 Å². The zero-order valence-corrected chi connectivity index (χ0v) is 29.7. The van der Waals surface area contributed by atoms with Gasteiger partial charge in [0.25, 0.3) is 0 Å². The van der Waals surface area contributed by atoms with Crippen molar-refractivity contribution in [3.05, 3.63) is 108 Å². The van der Waals surface area contributed by atoms with Gasteiger partial charge in [-0.25, -0.2) is 8.42 Å². The standard InChI is InChI=1S/C36H43N3O6S.C2H6/c1-5-13-27(6-2)35(28-14-9-7-10-15-28)37-20-22-38(23-21-37)36(40)32-24-30(45-29-16-11-8-12-17-29)26-39(32)46(41,42)31-18-19-33(43-3)34(25-31)44-4;1-2/h5-19,25,30,32,35H,20-24,26H2,1-4H3;1-2H3/b13-5-,27-6+;. The van der Waals surface area contributed by atoms with E-state index in [1.165, 1.54) is 41.8 Å². The normalized spacial score (nSPS) is 19.8. The van der Waals surface area contributed by atoms with Crippen molar-refractivity contribution < 1.29 is 27.4 Å². The Bertz CT molecular complexity index is 1640. The van der Waals surface area contributed by atoms with Crippen LogP contribution in [0.1, 0.15) is 45.7 Å². The Morgan fingerprint density at radius 1 is 0.854 bits per heavy atom. The predicted octanol–water partition coefficient (Wildman–Crippen LogP) is 6.35. The molecule has 3 aromatic rings. The van der Waals surface area contributed by atoms with E-state index in [0.29, 0.717) is 43.4 Å². The SMILES string of the molecule is C/C=C\C(=C/C)C(c1ccccc1)N1CCN(C(=O)C2CC(Oc3ccccc3)CN2S(=O)(=O)c2ccc(OC)c(OC)c2)CC1.CC. The summed E-state index contributed by atoms with van der Waals surface area (Å²) >= 11 is 0. The van der Waals surface area contributed by atoms with Gasteiger partial charge >= 0.3 is 0 Å². The van der Waals surface area contributed by atoms with Crippen molar-refractivity contribution in [3.63, 3.8) is 0 Å². The number of carbonyl (C=O) groups excluding carboxylic acids is 1. The smallest absolute Gasteiger partial charge is 0.244 e. The van der Waals surface area contributed by atoms with E-state index in [-0.39, 0.29) is 29.8 Å². The van der Waals surface area contributed by atoms with E-state index in [9.17, 15) is 13.2 Å². The highest BCUT2D eigenvalue weighted by atomic mass is 32.2. The third kappa shape index (κ3) is 8.29. The summed E-state index contributed by atoms with van der Waals surface area (Å²) < 4.78 is 46.5. The molecule has 0 N–H and O–H groups in total. The fourth-order valence-corrected chi connectivity index (χ4v) is 7.99. The van der Waals surface area contributed by atoms with E-state index in [1.807, 2.05) is 82.3 Å². The number of hydrogen-bond donors (Lipinski definition) is 0. The van der Waals surface area contributed by atoms with Gasteiger partial charge in [-0.3, -0.25) is 9.69 Å². The lowest BCUT2D eigenvalue weighted by Crippen LogP contribution is -2.54. The second kappa shape index (κ2) is 17.3. The van der Waals surface area contributed by atoms with Gasteiger partial charge in [-0.15, -0.1) is 0 Å². The van der Waals surface area contributed by atoms with Crippen LogP contribution < -0.4 is 14.2 Å². The maximum atomic E-state index is 14.2. The van der Waals surface area contributed by atoms with Crippen LogP contribution in [0.15, 0.2) is 108 Å². The molecule has 10 heteroatoms. The Kier molecular flexibility index (Phi) is 13.3. The minimum atomic E-state index is -4.09. The molecule has 9 nitrogen and oxygen atoms in total. The average Bonchev–Trinajstić information content (AvgIpc) is 3.57. The van der Waals surface area contributed by atoms with Crippen LogP contribution in [-0.4, -0.2) is 87.5 Å². The number of ether oxygens (including phenoxy) is 3. The monoisotopic (exact) mass is 675 g/mol. The van der Waals surface area contributed by atoms with Crippen LogP contribution in [-0.2, 0) is 14.8 Å². The van der Waals surface area contributed by atoms with Crippen LogP contribution >= 0.6 is 0 Å². The van der Waals surface area contributed by atoms with E-state index in [2.05, 4.69) is 29.2 Å². The van der Waals surface area contributed by atoms with Crippen molar-refractivity contribution >= 4 is 15.9 Å². The number of amides is 1. The molecule has 2 heterocycles. The van der Waals surface area contributed by atoms with Crippen LogP contribution in [0.25, 0.3) is 0 Å². The Hall–Kier alpha value is -4.12. The van der Waals surface area contributed by atoms with Gasteiger partial charge < -0.3 is 19.1 Å². The van der Waals surface area contributed by atoms with Crippen LogP contribution in [0.5, 0.6) is 17.2 Å². The summed E-state index contributed by atoms with van der Waals surface area (Å²) in [5.74, 6) is 1.14. The minimum Gasteiger partial charge on any atom is -0.493 e. The van der Waals surface area contributed by atoms with Crippen molar-refractivity contribution in [1.82, 2.24) is 14.1 Å². The molecule has 258 valence electrons. The van der Waals surface area contributed by atoms with Crippen LogP contribution in [0, 0.1) is 0 Å². The van der Waals surface area contributed by atoms with E-state index < -0.39 is 22.2 Å². The van der Waals surface area contributed by atoms with Crippen LogP contribution in [0.2, 0.25) is 0 Å². The third-order valence-corrected chi connectivity index (χ3v) is 10.5. The lowest BCUT2D eigenvalue weighted by atomic mass is 9.95. The molecule has 3 aromatic carbocycles.